The fraction of sp³-hybridized carbons (Fsp3) is 0.417. The van der Waals surface area contributed by atoms with Crippen LogP contribution in [0.2, 0.25) is 5.02 Å². The van der Waals surface area contributed by atoms with Gasteiger partial charge in [0.25, 0.3) is 5.88 Å². The molecule has 34 heavy (non-hydrogen) atoms. The number of hydrogen-bond donors (Lipinski definition) is 2. The zero-order valence-electron chi connectivity index (χ0n) is 19.3. The molecule has 2 aliphatic rings. The minimum atomic E-state index is -0.0298. The van der Waals surface area contributed by atoms with E-state index in [1.54, 1.807) is 6.20 Å². The van der Waals surface area contributed by atoms with Crippen LogP contribution < -0.4 is 29.6 Å². The number of ether oxygens (including phenoxy) is 4. The highest BCUT2D eigenvalue weighted by atomic mass is 35.5. The zero-order chi connectivity index (χ0) is 23.5. The van der Waals surface area contributed by atoms with E-state index < -0.39 is 0 Å². The van der Waals surface area contributed by atoms with E-state index in [-0.39, 0.29) is 12.9 Å². The molecule has 0 amide bonds. The van der Waals surface area contributed by atoms with Crippen LogP contribution in [0.25, 0.3) is 10.9 Å². The van der Waals surface area contributed by atoms with Crippen LogP contribution in [0.3, 0.4) is 0 Å². The fourth-order valence-electron chi connectivity index (χ4n) is 4.07. The summed E-state index contributed by atoms with van der Waals surface area (Å²) in [6.45, 7) is 9.67. The van der Waals surface area contributed by atoms with Gasteiger partial charge in [-0.1, -0.05) is 11.6 Å². The summed E-state index contributed by atoms with van der Waals surface area (Å²) in [6, 6.07) is 5.73. The van der Waals surface area contributed by atoms with Gasteiger partial charge in [0.1, 0.15) is 23.8 Å². The van der Waals surface area contributed by atoms with Crippen LogP contribution in [0, 0.1) is 0 Å². The molecule has 2 aliphatic heterocycles. The van der Waals surface area contributed by atoms with Crippen molar-refractivity contribution >= 4 is 33.9 Å². The molecule has 2 N–H and O–H groups in total. The number of anilines is 2. The van der Waals surface area contributed by atoms with E-state index in [1.165, 1.54) is 6.20 Å². The molecule has 10 heteroatoms. The van der Waals surface area contributed by atoms with E-state index in [1.807, 2.05) is 32.0 Å². The molecule has 0 radical (unpaired) electrons. The first kappa shape index (κ1) is 22.8. The summed E-state index contributed by atoms with van der Waals surface area (Å²) in [5, 5.41) is 8.00. The summed E-state index contributed by atoms with van der Waals surface area (Å²) in [5.74, 6) is 2.29. The monoisotopic (exact) mass is 485 g/mol. The molecular weight excluding hydrogens is 458 g/mol. The number of nitrogens with zero attached hydrogens (tertiary/aromatic N) is 3. The highest BCUT2D eigenvalue weighted by molar-refractivity contribution is 6.33. The van der Waals surface area contributed by atoms with Crippen molar-refractivity contribution in [3.05, 3.63) is 35.6 Å². The third-order valence-corrected chi connectivity index (χ3v) is 5.93. The maximum absolute atomic E-state index is 6.44. The molecule has 3 aromatic rings. The van der Waals surface area contributed by atoms with Crippen molar-refractivity contribution in [3.8, 4) is 23.1 Å². The molecule has 2 aromatic heterocycles. The molecule has 0 saturated carbocycles. The first-order valence-corrected chi connectivity index (χ1v) is 11.8. The maximum Gasteiger partial charge on any atom is 0.262 e. The summed E-state index contributed by atoms with van der Waals surface area (Å²) < 4.78 is 23.3. The van der Waals surface area contributed by atoms with Gasteiger partial charge >= 0.3 is 0 Å². The first-order valence-electron chi connectivity index (χ1n) is 11.4. The average molecular weight is 486 g/mol. The minimum Gasteiger partial charge on any atom is -0.492 e. The van der Waals surface area contributed by atoms with Crippen LogP contribution in [0.4, 0.5) is 11.4 Å². The maximum atomic E-state index is 6.44. The summed E-state index contributed by atoms with van der Waals surface area (Å²) in [5.41, 5.74) is 2.11. The quantitative estimate of drug-likeness (QED) is 0.494. The Bertz CT molecular complexity index is 1170. The number of pyridine rings is 2. The minimum absolute atomic E-state index is 0.0298. The smallest absolute Gasteiger partial charge is 0.262 e. The number of benzene rings is 1. The van der Waals surface area contributed by atoms with Crippen LogP contribution in [-0.2, 0) is 0 Å². The van der Waals surface area contributed by atoms with Crippen molar-refractivity contribution < 1.29 is 18.9 Å². The van der Waals surface area contributed by atoms with Crippen LogP contribution >= 0.6 is 11.6 Å². The molecule has 0 bridgehead atoms. The molecule has 0 unspecified atom stereocenters. The molecule has 1 aromatic carbocycles. The summed E-state index contributed by atoms with van der Waals surface area (Å²) in [4.78, 5) is 11.2. The molecule has 180 valence electrons. The van der Waals surface area contributed by atoms with Gasteiger partial charge in [-0.25, -0.2) is 4.98 Å². The zero-order valence-corrected chi connectivity index (χ0v) is 20.0. The fourth-order valence-corrected chi connectivity index (χ4v) is 4.25. The second-order valence-electron chi connectivity index (χ2n) is 8.43. The lowest BCUT2D eigenvalue weighted by Gasteiger charge is -2.27. The van der Waals surface area contributed by atoms with Crippen LogP contribution in [0.5, 0.6) is 23.1 Å². The molecule has 0 aliphatic carbocycles. The van der Waals surface area contributed by atoms with Crippen molar-refractivity contribution in [1.29, 1.82) is 0 Å². The Morgan fingerprint density at radius 2 is 2.06 bits per heavy atom. The number of nitrogens with one attached hydrogen (secondary N) is 2. The highest BCUT2D eigenvalue weighted by Gasteiger charge is 2.23. The highest BCUT2D eigenvalue weighted by Crippen LogP contribution is 2.45. The number of rotatable bonds is 8. The van der Waals surface area contributed by atoms with Crippen LogP contribution in [-0.4, -0.2) is 67.1 Å². The normalized spacial score (nSPS) is 15.6. The Morgan fingerprint density at radius 1 is 1.21 bits per heavy atom. The molecule has 1 saturated heterocycles. The predicted octanol–water partition coefficient (Wildman–Crippen LogP) is 3.83. The largest absolute Gasteiger partial charge is 0.492 e. The van der Waals surface area contributed by atoms with E-state index in [2.05, 4.69) is 25.5 Å². The van der Waals surface area contributed by atoms with Gasteiger partial charge in [-0.2, -0.15) is 0 Å². The van der Waals surface area contributed by atoms with E-state index in [0.29, 0.717) is 34.7 Å². The van der Waals surface area contributed by atoms with Gasteiger partial charge in [-0.15, -0.1) is 0 Å². The number of fused-ring (bicyclic) bond motifs is 2. The van der Waals surface area contributed by atoms with E-state index in [4.69, 9.17) is 30.5 Å². The SMILES string of the molecule is CC(C)Oc1cc(OCCN2CCNCC2)cc2nccc(Nc3c(Cl)cnc4c3OCO4)c12. The second kappa shape index (κ2) is 10.1. The summed E-state index contributed by atoms with van der Waals surface area (Å²) in [6.07, 6.45) is 3.25. The molecule has 5 rings (SSSR count). The van der Waals surface area contributed by atoms with Gasteiger partial charge in [0.2, 0.25) is 12.5 Å². The summed E-state index contributed by atoms with van der Waals surface area (Å²) >= 11 is 6.44. The van der Waals surface area contributed by atoms with E-state index >= 15 is 0 Å². The molecule has 9 nitrogen and oxygen atoms in total. The topological polar surface area (TPSA) is 90.0 Å². The van der Waals surface area contributed by atoms with Gasteiger partial charge in [0, 0.05) is 51.1 Å². The van der Waals surface area contributed by atoms with Gasteiger partial charge in [0.05, 0.1) is 33.9 Å². The Kier molecular flexibility index (Phi) is 6.75. The Balaban J connectivity index is 1.45. The third-order valence-electron chi connectivity index (χ3n) is 5.64. The Labute approximate surface area is 203 Å². The van der Waals surface area contributed by atoms with Crippen molar-refractivity contribution in [2.45, 2.75) is 20.0 Å². The van der Waals surface area contributed by atoms with Crippen LogP contribution in [0.15, 0.2) is 30.6 Å². The lowest BCUT2D eigenvalue weighted by molar-refractivity contribution is 0.171. The predicted molar refractivity (Wildman–Crippen MR) is 131 cm³/mol. The number of piperazine rings is 1. The van der Waals surface area contributed by atoms with Gasteiger partial charge < -0.3 is 29.6 Å². The standard InChI is InChI=1S/C24H28ClN5O4/c1-15(2)34-20-12-16(31-10-9-30-7-5-26-6-8-30)11-19-21(20)18(3-4-27-19)29-22-17(25)13-28-24-23(22)32-14-33-24/h3-4,11-13,15,26H,5-10,14H2,1-2H3,(H,27,28,29). The Hall–Kier alpha value is -3.01. The molecule has 4 heterocycles. The number of aromatic nitrogens is 2. The van der Waals surface area contributed by atoms with Gasteiger partial charge in [-0.3, -0.25) is 9.88 Å². The lowest BCUT2D eigenvalue weighted by atomic mass is 10.1. The second-order valence-corrected chi connectivity index (χ2v) is 8.83. The van der Waals surface area contributed by atoms with Gasteiger partial charge in [-0.05, 0) is 19.9 Å². The third kappa shape index (κ3) is 4.91. The summed E-state index contributed by atoms with van der Waals surface area (Å²) in [7, 11) is 0. The van der Waals surface area contributed by atoms with Crippen molar-refractivity contribution in [1.82, 2.24) is 20.2 Å². The van der Waals surface area contributed by atoms with Crippen molar-refractivity contribution in [2.24, 2.45) is 0 Å². The first-order chi connectivity index (χ1) is 16.6. The average Bonchev–Trinajstić information content (AvgIpc) is 3.30. The molecular formula is C24H28ClN5O4. The van der Waals surface area contributed by atoms with Crippen molar-refractivity contribution in [3.63, 3.8) is 0 Å². The van der Waals surface area contributed by atoms with Crippen LogP contribution in [0.1, 0.15) is 13.8 Å². The number of hydrogen-bond acceptors (Lipinski definition) is 9. The molecule has 1 fully saturated rings. The lowest BCUT2D eigenvalue weighted by Crippen LogP contribution is -2.44. The van der Waals surface area contributed by atoms with E-state index in [0.717, 1.165) is 55.1 Å². The number of halogens is 1. The Morgan fingerprint density at radius 3 is 2.88 bits per heavy atom. The molecule has 0 spiro atoms. The van der Waals surface area contributed by atoms with Gasteiger partial charge in [0.15, 0.2) is 0 Å². The van der Waals surface area contributed by atoms with Crippen molar-refractivity contribution in [2.75, 3.05) is 51.4 Å². The molecule has 0 atom stereocenters. The van der Waals surface area contributed by atoms with E-state index in [9.17, 15) is 0 Å².